The summed E-state index contributed by atoms with van der Waals surface area (Å²) in [4.78, 5) is 105. The molecular weight excluding hydrogens is 1540 g/mol. The number of halogens is 1. The summed E-state index contributed by atoms with van der Waals surface area (Å²) in [6, 6.07) is 77.0. The summed E-state index contributed by atoms with van der Waals surface area (Å²) in [6.07, 6.45) is 14.2. The Labute approximate surface area is 708 Å². The molecule has 0 fully saturated rings. The van der Waals surface area contributed by atoms with Gasteiger partial charge in [-0.2, -0.15) is 0 Å². The number of hydrazine groups is 1. The SMILES string of the molecule is CC(=O)C(c1ccncc1)c1nccc2nc(-c3ccc(CNC(=O)OC(C)(C)C)cc3)c(-c3ccccc3)cc12.CC(C)(C)OC(=O)NCc1ccc(-c2nc3ccnc(C(C(=O)CN)c4ccncc4)c3cc2-c2ccccc2)cc1.Cl.NCC(=O)C(c1ccncc1)c1nccc2nc(-c3ccc(CN)cc3)c(-c3ccccc3)cc12.NN. The molecule has 24 heteroatoms. The molecule has 9 aromatic heterocycles. The molecule has 6 aromatic carbocycles. The molecule has 121 heavy (non-hydrogen) atoms. The number of fused-ring (bicyclic) bond motifs is 3. The van der Waals surface area contributed by atoms with Crippen LogP contribution in [0.4, 0.5) is 9.59 Å². The maximum Gasteiger partial charge on any atom is 0.407 e. The van der Waals surface area contributed by atoms with Gasteiger partial charge in [-0.15, -0.1) is 12.4 Å². The first-order chi connectivity index (χ1) is 58.1. The summed E-state index contributed by atoms with van der Waals surface area (Å²) < 4.78 is 10.7. The molecule has 0 saturated heterocycles. The number of ether oxygens (including phenoxy) is 2. The standard InChI is InChI=1S/C34H33N5O3.C34H32N4O3.C29H25N5O.ClH.H4N2/c1-34(2,3)42-33(41)38-21-22-9-11-25(12-10-22)31-26(23-7-5-4-6-8-23)19-27-28(39-31)15-18-37-32(27)30(29(40)20-35)24-13-16-36-17-14-24;1-22(39)30(25-14-17-35-18-15-25)32-28-20-27(24-8-6-5-7-9-24)31(38-29(28)16-19-36-32)26-12-10-23(11-13-26)21-37-33(40)41-34(2,3)4;30-17-19-6-8-22(9-7-19)28-23(20-4-2-1-3-5-20)16-24-25(34-28)12-15-33-29(24)27(26(35)18-31)21-10-13-32-14-11-21;;1-2/h4-19,30H,20-21,35H2,1-3H3,(H,38,41);5-20,30H,21H2,1-4H3,(H,37,40);1-16,27H,17-18,30-31H2;1H;1-2H2. The molecule has 23 nitrogen and oxygen atoms in total. The molecule has 0 aliphatic rings. The van der Waals surface area contributed by atoms with E-state index in [-0.39, 0.29) is 42.8 Å². The smallest absolute Gasteiger partial charge is 0.407 e. The number of nitrogens with two attached hydrogens (primary N) is 5. The van der Waals surface area contributed by atoms with Gasteiger partial charge in [0.2, 0.25) is 0 Å². The average molecular weight is 1630 g/mol. The van der Waals surface area contributed by atoms with Crippen molar-refractivity contribution in [2.24, 2.45) is 28.9 Å². The number of nitrogens with zero attached hydrogens (tertiary/aromatic N) is 9. The highest BCUT2D eigenvalue weighted by Crippen LogP contribution is 2.42. The highest BCUT2D eigenvalue weighted by Gasteiger charge is 2.30. The van der Waals surface area contributed by atoms with Crippen molar-refractivity contribution >= 4 is 74.7 Å². The molecule has 15 rings (SSSR count). The minimum atomic E-state index is -0.644. The Balaban J connectivity index is 0.000000175. The molecule has 0 bridgehead atoms. The van der Waals surface area contributed by atoms with Gasteiger partial charge in [0.15, 0.2) is 11.6 Å². The second-order valence-corrected chi connectivity index (χ2v) is 30.1. The lowest BCUT2D eigenvalue weighted by atomic mass is 9.88. The van der Waals surface area contributed by atoms with Crippen LogP contribution in [0.2, 0.25) is 0 Å². The van der Waals surface area contributed by atoms with Crippen LogP contribution in [-0.4, -0.2) is 98.7 Å². The Morgan fingerprint density at radius 3 is 0.909 bits per heavy atom. The lowest BCUT2D eigenvalue weighted by Crippen LogP contribution is -2.32. The molecule has 0 saturated carbocycles. The van der Waals surface area contributed by atoms with E-state index < -0.39 is 41.1 Å². The topological polar surface area (TPSA) is 374 Å². The van der Waals surface area contributed by atoms with Gasteiger partial charge in [-0.3, -0.25) is 56.0 Å². The van der Waals surface area contributed by atoms with Gasteiger partial charge in [0.05, 0.1) is 81.6 Å². The van der Waals surface area contributed by atoms with Gasteiger partial charge in [-0.05, 0) is 171 Å². The van der Waals surface area contributed by atoms with Crippen molar-refractivity contribution in [3.05, 3.63) is 343 Å². The summed E-state index contributed by atoms with van der Waals surface area (Å²) >= 11 is 0. The predicted octanol–water partition coefficient (Wildman–Crippen LogP) is 16.9. The third kappa shape index (κ3) is 22.1. The van der Waals surface area contributed by atoms with E-state index in [4.69, 9.17) is 41.6 Å². The molecule has 0 aliphatic heterocycles. The Bertz CT molecular complexity index is 6040. The Morgan fingerprint density at radius 1 is 0.355 bits per heavy atom. The molecule has 0 spiro atoms. The first kappa shape index (κ1) is 87.9. The van der Waals surface area contributed by atoms with Crippen LogP contribution < -0.4 is 39.5 Å². The summed E-state index contributed by atoms with van der Waals surface area (Å²) in [5, 5.41) is 8.02. The number of aromatic nitrogens is 9. The largest absolute Gasteiger partial charge is 0.444 e. The Kier molecular flexibility index (Phi) is 29.8. The fraction of sp³-hybridized carbons (Fsp3) is 0.175. The van der Waals surface area contributed by atoms with Crippen LogP contribution in [0.3, 0.4) is 0 Å². The number of amides is 2. The fourth-order valence-electron chi connectivity index (χ4n) is 14.0. The number of nitrogens with one attached hydrogen (secondary N) is 2. The van der Waals surface area contributed by atoms with Gasteiger partial charge >= 0.3 is 12.2 Å². The molecule has 15 aromatic rings. The zero-order valence-corrected chi connectivity index (χ0v) is 69.0. The minimum Gasteiger partial charge on any atom is -0.444 e. The number of carbonyl (C=O) groups excluding carboxylic acids is 5. The van der Waals surface area contributed by atoms with Crippen molar-refractivity contribution in [1.82, 2.24) is 55.5 Å². The van der Waals surface area contributed by atoms with E-state index in [1.165, 1.54) is 0 Å². The number of benzene rings is 6. The Morgan fingerprint density at radius 2 is 0.636 bits per heavy atom. The molecule has 12 N–H and O–H groups in total. The zero-order valence-electron chi connectivity index (χ0n) is 68.2. The van der Waals surface area contributed by atoms with Crippen molar-refractivity contribution in [3.8, 4) is 67.2 Å². The summed E-state index contributed by atoms with van der Waals surface area (Å²) in [5.41, 5.74) is 37.0. The number of rotatable bonds is 22. The van der Waals surface area contributed by atoms with Crippen molar-refractivity contribution in [3.63, 3.8) is 0 Å². The normalized spacial score (nSPS) is 11.8. The van der Waals surface area contributed by atoms with Crippen LogP contribution in [0.1, 0.15) is 117 Å². The number of ketones is 3. The lowest BCUT2D eigenvalue weighted by molar-refractivity contribution is -0.119. The van der Waals surface area contributed by atoms with Gasteiger partial charge in [0.1, 0.15) is 17.0 Å². The number of carbonyl (C=O) groups is 5. The van der Waals surface area contributed by atoms with Gasteiger partial charge in [-0.25, -0.2) is 24.5 Å². The monoisotopic (exact) mass is 1630 g/mol. The van der Waals surface area contributed by atoms with Crippen LogP contribution in [-0.2, 0) is 43.5 Å². The fourth-order valence-corrected chi connectivity index (χ4v) is 14.0. The first-order valence-electron chi connectivity index (χ1n) is 39.1. The van der Waals surface area contributed by atoms with Gasteiger partial charge in [-0.1, -0.05) is 164 Å². The summed E-state index contributed by atoms with van der Waals surface area (Å²) in [6.45, 7) is 13.6. The van der Waals surface area contributed by atoms with Gasteiger partial charge in [0, 0.05) is 125 Å². The molecule has 0 aliphatic carbocycles. The maximum atomic E-state index is 13.2. The van der Waals surface area contributed by atoms with Crippen LogP contribution in [0, 0.1) is 0 Å². The van der Waals surface area contributed by atoms with Crippen molar-refractivity contribution in [2.75, 3.05) is 13.1 Å². The van der Waals surface area contributed by atoms with Gasteiger partial charge < -0.3 is 37.3 Å². The van der Waals surface area contributed by atoms with E-state index in [1.54, 1.807) is 62.7 Å². The van der Waals surface area contributed by atoms with Crippen molar-refractivity contribution < 1.29 is 33.4 Å². The van der Waals surface area contributed by atoms with Crippen molar-refractivity contribution in [2.45, 2.75) is 97.1 Å². The highest BCUT2D eigenvalue weighted by molar-refractivity contribution is 6.01. The minimum absolute atomic E-state index is 0. The molecule has 612 valence electrons. The third-order valence-electron chi connectivity index (χ3n) is 19.6. The number of alkyl carbamates (subject to hydrolysis) is 2. The van der Waals surface area contributed by atoms with Crippen LogP contribution in [0.15, 0.2) is 292 Å². The van der Waals surface area contributed by atoms with E-state index in [9.17, 15) is 24.0 Å². The highest BCUT2D eigenvalue weighted by atomic mass is 35.5. The van der Waals surface area contributed by atoms with E-state index in [0.29, 0.717) is 42.2 Å². The Hall–Kier alpha value is -13.9. The molecule has 9 heterocycles. The summed E-state index contributed by atoms with van der Waals surface area (Å²) in [7, 11) is 0. The molecule has 2 amide bonds. The molecule has 0 radical (unpaired) electrons. The van der Waals surface area contributed by atoms with Crippen LogP contribution in [0.25, 0.3) is 99.9 Å². The summed E-state index contributed by atoms with van der Waals surface area (Å²) in [5.74, 6) is 5.97. The quantitative estimate of drug-likeness (QED) is 0.0245. The van der Waals surface area contributed by atoms with Crippen LogP contribution >= 0.6 is 12.4 Å². The first-order valence-corrected chi connectivity index (χ1v) is 39.1. The number of Topliss-reactive ketones (excluding diaryl/α,β-unsaturated/α-hetero) is 3. The molecule has 3 atom stereocenters. The second kappa shape index (κ2) is 41.0. The second-order valence-electron chi connectivity index (χ2n) is 30.1. The number of hydrogen-bond donors (Lipinski definition) is 7. The van der Waals surface area contributed by atoms with Gasteiger partial charge in [0.25, 0.3) is 0 Å². The number of hydrogen-bond acceptors (Lipinski definition) is 21. The van der Waals surface area contributed by atoms with E-state index >= 15 is 0 Å². The maximum absolute atomic E-state index is 13.2. The lowest BCUT2D eigenvalue weighted by Gasteiger charge is -2.20. The average Bonchev–Trinajstić information content (AvgIpc) is 0.768. The van der Waals surface area contributed by atoms with E-state index in [2.05, 4.69) is 82.6 Å². The van der Waals surface area contributed by atoms with E-state index in [0.717, 1.165) is 128 Å². The third-order valence-corrected chi connectivity index (χ3v) is 19.6. The molecule has 3 unspecified atom stereocenters. The molecular formula is C97H95ClN16O7. The van der Waals surface area contributed by atoms with Crippen molar-refractivity contribution in [1.29, 1.82) is 0 Å². The number of pyridine rings is 9. The van der Waals surface area contributed by atoms with E-state index in [1.807, 2.05) is 248 Å². The van der Waals surface area contributed by atoms with Crippen LogP contribution in [0.5, 0.6) is 0 Å². The predicted molar refractivity (Wildman–Crippen MR) is 478 cm³/mol. The zero-order chi connectivity index (χ0) is 84.9.